The number of nitrogens with two attached hydrogens (primary N) is 2. The van der Waals surface area contributed by atoms with Gasteiger partial charge >= 0.3 is 5.97 Å². The number of hydrogen-bond donors (Lipinski definition) is 5. The van der Waals surface area contributed by atoms with E-state index in [-0.39, 0.29) is 30.3 Å². The number of ether oxygens (including phenoxy) is 2. The molecule has 3 atom stereocenters. The average molecular weight is 771 g/mol. The number of rotatable bonds is 5. The fraction of sp³-hybridized carbons (Fsp3) is 0.641. The van der Waals surface area contributed by atoms with E-state index in [4.69, 9.17) is 20.9 Å². The van der Waals surface area contributed by atoms with E-state index in [9.17, 15) is 19.8 Å². The summed E-state index contributed by atoms with van der Waals surface area (Å²) < 4.78 is 12.1. The molecule has 2 aromatic rings. The second kappa shape index (κ2) is 20.4. The fourth-order valence-electron chi connectivity index (χ4n) is 7.82. The number of guanidine groups is 1. The number of aromatic nitrogens is 1. The molecule has 1 amide bonds. The molecular formula is C39H58N6O6S2. The van der Waals surface area contributed by atoms with Crippen LogP contribution in [-0.2, 0) is 33.7 Å². The summed E-state index contributed by atoms with van der Waals surface area (Å²) in [7, 11) is 3.45. The monoisotopic (exact) mass is 770 g/mol. The number of fused-ring (bicyclic) bond motifs is 4. The number of benzene rings is 1. The lowest BCUT2D eigenvalue weighted by Crippen LogP contribution is -2.37. The number of carbonyl (C=O) groups is 2. The van der Waals surface area contributed by atoms with Gasteiger partial charge in [0.2, 0.25) is 5.91 Å². The van der Waals surface area contributed by atoms with Crippen molar-refractivity contribution in [3.8, 4) is 11.5 Å². The van der Waals surface area contributed by atoms with E-state index in [1.165, 1.54) is 6.92 Å². The highest BCUT2D eigenvalue weighted by Crippen LogP contribution is 2.41. The summed E-state index contributed by atoms with van der Waals surface area (Å²) in [6.45, 7) is 2.65. The second-order valence-electron chi connectivity index (χ2n) is 15.0. The first-order valence-electron chi connectivity index (χ1n) is 19.2. The molecule has 292 valence electrons. The number of amides is 1. The van der Waals surface area contributed by atoms with Crippen molar-refractivity contribution in [1.82, 2.24) is 15.2 Å². The molecule has 3 aliphatic rings. The Morgan fingerprint density at radius 2 is 1.85 bits per heavy atom. The zero-order valence-electron chi connectivity index (χ0n) is 31.1. The van der Waals surface area contributed by atoms with Crippen molar-refractivity contribution in [3.63, 3.8) is 0 Å². The highest BCUT2D eigenvalue weighted by atomic mass is 33.1. The molecule has 4 bridgehead atoms. The maximum atomic E-state index is 13.8. The Kier molecular flexibility index (Phi) is 15.7. The summed E-state index contributed by atoms with van der Waals surface area (Å²) in [6, 6.07) is 7.62. The topological polar surface area (TPSA) is 186 Å². The smallest absolute Gasteiger partial charge is 0.302 e. The molecule has 1 aromatic carbocycles. The van der Waals surface area contributed by atoms with Gasteiger partial charge in [0.1, 0.15) is 11.9 Å². The van der Waals surface area contributed by atoms with Crippen molar-refractivity contribution in [2.24, 2.45) is 16.1 Å². The number of phenolic OH excluding ortho intramolecular Hbond substituents is 1. The Morgan fingerprint density at radius 3 is 2.64 bits per heavy atom. The Morgan fingerprint density at radius 1 is 1.06 bits per heavy atom. The molecule has 3 heterocycles. The Labute approximate surface area is 322 Å². The summed E-state index contributed by atoms with van der Waals surface area (Å²) >= 11 is 0. The van der Waals surface area contributed by atoms with Crippen LogP contribution in [-0.4, -0.2) is 81.0 Å². The van der Waals surface area contributed by atoms with Crippen LogP contribution in [0.4, 0.5) is 5.82 Å². The molecule has 1 aliphatic carbocycles. The summed E-state index contributed by atoms with van der Waals surface area (Å²) in [5, 5.41) is 25.8. The normalized spacial score (nSPS) is 25.0. The van der Waals surface area contributed by atoms with Gasteiger partial charge in [-0.15, -0.1) is 0 Å². The SMILES string of the molecule is CC(=O)OC1CCc2cc(c(O)c(OC3CCCC3)c2)CN2CC(Cc3ccnc(N)c3)(CCNC(N)=NCSSCCCCCCC(O)C1)CC2=O. The highest BCUT2D eigenvalue weighted by molar-refractivity contribution is 8.76. The van der Waals surface area contributed by atoms with Gasteiger partial charge in [0.25, 0.3) is 0 Å². The van der Waals surface area contributed by atoms with Crippen LogP contribution >= 0.6 is 21.6 Å². The van der Waals surface area contributed by atoms with Crippen molar-refractivity contribution in [3.05, 3.63) is 47.2 Å². The maximum absolute atomic E-state index is 13.8. The van der Waals surface area contributed by atoms with Crippen LogP contribution in [0, 0.1) is 5.41 Å². The summed E-state index contributed by atoms with van der Waals surface area (Å²) in [5.74, 6) is 2.48. The molecular weight excluding hydrogens is 713 g/mol. The molecule has 1 saturated heterocycles. The van der Waals surface area contributed by atoms with Crippen LogP contribution in [0.1, 0.15) is 107 Å². The number of anilines is 1. The molecule has 53 heavy (non-hydrogen) atoms. The first kappa shape index (κ1) is 40.8. The second-order valence-corrected chi connectivity index (χ2v) is 17.5. The van der Waals surface area contributed by atoms with Gasteiger partial charge in [-0.1, -0.05) is 46.9 Å². The first-order chi connectivity index (χ1) is 25.6. The van der Waals surface area contributed by atoms with Gasteiger partial charge in [0.15, 0.2) is 17.5 Å². The lowest BCUT2D eigenvalue weighted by atomic mass is 9.78. The van der Waals surface area contributed by atoms with Gasteiger partial charge in [0.05, 0.1) is 18.1 Å². The molecule has 14 heteroatoms. The van der Waals surface area contributed by atoms with Gasteiger partial charge in [-0.3, -0.25) is 9.59 Å². The number of aryl methyl sites for hydroxylation is 1. The Hall–Kier alpha value is -3.36. The van der Waals surface area contributed by atoms with E-state index >= 15 is 0 Å². The standard InChI is InChI=1S/C39H58N6O6S2/c1-27(46)50-33-12-11-28-18-30(37(49)34(19-28)51-32-9-5-6-10-32)24-45-25-39(23-36(45)48,22-29-13-15-42-35(40)20-29)14-16-43-38(41)44-26-53-52-17-7-3-2-4-8-31(47)21-33/h13,15,18-20,31-33,47,49H,2-12,14,16-17,21-26H2,1H3,(H2,40,42)(H3,41,43,44). The van der Waals surface area contributed by atoms with Gasteiger partial charge in [-0.05, 0) is 93.5 Å². The molecule has 2 aliphatic heterocycles. The number of aliphatic hydroxyl groups excluding tert-OH is 1. The summed E-state index contributed by atoms with van der Waals surface area (Å²) in [6.07, 6.45) is 12.6. The van der Waals surface area contributed by atoms with Gasteiger partial charge in [-0.25, -0.2) is 9.98 Å². The quantitative estimate of drug-likeness (QED) is 0.180. The third-order valence-electron chi connectivity index (χ3n) is 10.5. The number of hydrogen-bond acceptors (Lipinski definition) is 13. The lowest BCUT2D eigenvalue weighted by molar-refractivity contribution is -0.148. The fourth-order valence-corrected chi connectivity index (χ4v) is 9.61. The van der Waals surface area contributed by atoms with E-state index in [1.807, 2.05) is 29.2 Å². The molecule has 0 spiro atoms. The Bertz CT molecular complexity index is 1540. The molecule has 5 rings (SSSR count). The molecule has 12 nitrogen and oxygen atoms in total. The number of aliphatic hydroxyl groups is 1. The number of aromatic hydroxyl groups is 1. The number of phenols is 1. The van der Waals surface area contributed by atoms with Crippen LogP contribution in [0.25, 0.3) is 0 Å². The molecule has 0 radical (unpaired) electrons. The van der Waals surface area contributed by atoms with Crippen LogP contribution in [0.15, 0.2) is 35.5 Å². The largest absolute Gasteiger partial charge is 0.504 e. The third-order valence-corrected chi connectivity index (χ3v) is 12.6. The van der Waals surface area contributed by atoms with Gasteiger partial charge < -0.3 is 41.4 Å². The first-order valence-corrected chi connectivity index (χ1v) is 21.7. The van der Waals surface area contributed by atoms with Crippen LogP contribution in [0.2, 0.25) is 0 Å². The van der Waals surface area contributed by atoms with E-state index in [0.717, 1.165) is 68.2 Å². The van der Waals surface area contributed by atoms with Gasteiger partial charge in [0, 0.05) is 62.3 Å². The predicted molar refractivity (Wildman–Crippen MR) is 213 cm³/mol. The van der Waals surface area contributed by atoms with Gasteiger partial charge in [-0.2, -0.15) is 0 Å². The summed E-state index contributed by atoms with van der Waals surface area (Å²) in [5.41, 5.74) is 14.4. The van der Waals surface area contributed by atoms with Crippen molar-refractivity contribution >= 4 is 45.2 Å². The van der Waals surface area contributed by atoms with E-state index in [2.05, 4.69) is 15.3 Å². The highest BCUT2D eigenvalue weighted by Gasteiger charge is 2.43. The van der Waals surface area contributed by atoms with E-state index in [1.54, 1.807) is 27.8 Å². The summed E-state index contributed by atoms with van der Waals surface area (Å²) in [4.78, 5) is 36.4. The van der Waals surface area contributed by atoms with Crippen molar-refractivity contribution < 1.29 is 29.3 Å². The predicted octanol–water partition coefficient (Wildman–Crippen LogP) is 5.86. The van der Waals surface area contributed by atoms with Crippen LogP contribution in [0.3, 0.4) is 0 Å². The molecule has 3 unspecified atom stereocenters. The number of nitrogens with zero attached hydrogens (tertiary/aromatic N) is 3. The average Bonchev–Trinajstić information content (AvgIpc) is 3.72. The molecule has 7 N–H and O–H groups in total. The van der Waals surface area contributed by atoms with Crippen LogP contribution in [0.5, 0.6) is 11.5 Å². The molecule has 1 saturated carbocycles. The number of nitrogen functional groups attached to an aromatic ring is 1. The number of carbonyl (C=O) groups excluding carboxylic acids is 2. The zero-order chi connectivity index (χ0) is 37.6. The van der Waals surface area contributed by atoms with E-state index in [0.29, 0.717) is 87.0 Å². The Balaban J connectivity index is 1.41. The van der Waals surface area contributed by atoms with Crippen LogP contribution < -0.4 is 21.5 Å². The minimum atomic E-state index is -0.568. The zero-order valence-corrected chi connectivity index (χ0v) is 32.7. The molecule has 2 fully saturated rings. The minimum Gasteiger partial charge on any atom is -0.504 e. The number of aliphatic imine (C=N–C) groups is 1. The van der Waals surface area contributed by atoms with Crippen molar-refractivity contribution in [2.75, 3.05) is 30.5 Å². The van der Waals surface area contributed by atoms with Crippen molar-refractivity contribution in [2.45, 2.75) is 128 Å². The molecule has 1 aromatic heterocycles. The third kappa shape index (κ3) is 13.2. The minimum absolute atomic E-state index is 0.00595. The van der Waals surface area contributed by atoms with E-state index < -0.39 is 17.6 Å². The lowest BCUT2D eigenvalue weighted by Gasteiger charge is -2.30. The number of esters is 1. The number of pyridine rings is 1. The van der Waals surface area contributed by atoms with Crippen molar-refractivity contribution in [1.29, 1.82) is 0 Å². The maximum Gasteiger partial charge on any atom is 0.302 e. The number of nitrogens with one attached hydrogen (secondary N) is 1.